The maximum Gasteiger partial charge on any atom is 0.0935 e. The summed E-state index contributed by atoms with van der Waals surface area (Å²) in [6.45, 7) is 0. The highest BCUT2D eigenvalue weighted by Gasteiger charge is 2.06. The Morgan fingerprint density at radius 2 is 2.31 bits per heavy atom. The molecule has 2 aromatic heterocycles. The molecule has 0 saturated carbocycles. The number of thiophene rings is 1. The van der Waals surface area contributed by atoms with Gasteiger partial charge in [0.2, 0.25) is 0 Å². The zero-order chi connectivity index (χ0) is 11.4. The third-order valence-corrected chi connectivity index (χ3v) is 4.22. The molecule has 0 unspecified atom stereocenters. The highest BCUT2D eigenvalue weighted by atomic mass is 35.5. The molecule has 0 spiro atoms. The van der Waals surface area contributed by atoms with Gasteiger partial charge in [-0.2, -0.15) is 5.26 Å². The van der Waals surface area contributed by atoms with E-state index in [4.69, 9.17) is 16.9 Å². The summed E-state index contributed by atoms with van der Waals surface area (Å²) in [6.07, 6.45) is 2.37. The SMILES string of the molecule is N#CCCCc1nc(-c2ccc(Cl)s2)cs1. The number of aryl methyl sites for hydroxylation is 1. The lowest BCUT2D eigenvalue weighted by Crippen LogP contribution is -1.83. The minimum Gasteiger partial charge on any atom is -0.240 e. The molecule has 0 atom stereocenters. The fraction of sp³-hybridized carbons (Fsp3) is 0.273. The number of hydrogen-bond acceptors (Lipinski definition) is 4. The van der Waals surface area contributed by atoms with E-state index in [1.807, 2.05) is 17.5 Å². The summed E-state index contributed by atoms with van der Waals surface area (Å²) >= 11 is 9.06. The molecule has 2 rings (SSSR count). The molecule has 82 valence electrons. The van der Waals surface area contributed by atoms with Crippen LogP contribution in [0.1, 0.15) is 17.8 Å². The fourth-order valence-corrected chi connectivity index (χ4v) is 3.23. The highest BCUT2D eigenvalue weighted by molar-refractivity contribution is 7.19. The standard InChI is InChI=1S/C11H9ClN2S2/c12-10-5-4-9(16-10)8-7-15-11(14-8)3-1-2-6-13/h4-5,7H,1-3H2. The highest BCUT2D eigenvalue weighted by Crippen LogP contribution is 2.31. The lowest BCUT2D eigenvalue weighted by molar-refractivity contribution is 0.843. The Hall–Kier alpha value is -0.890. The molecule has 0 radical (unpaired) electrons. The van der Waals surface area contributed by atoms with Crippen molar-refractivity contribution in [3.63, 3.8) is 0 Å². The molecule has 0 N–H and O–H groups in total. The van der Waals surface area contributed by atoms with Crippen molar-refractivity contribution in [2.24, 2.45) is 0 Å². The van der Waals surface area contributed by atoms with Crippen LogP contribution < -0.4 is 0 Å². The molecular formula is C11H9ClN2S2. The molecule has 0 aromatic carbocycles. The Labute approximate surface area is 107 Å². The van der Waals surface area contributed by atoms with Gasteiger partial charge >= 0.3 is 0 Å². The smallest absolute Gasteiger partial charge is 0.0935 e. The summed E-state index contributed by atoms with van der Waals surface area (Å²) in [5, 5.41) is 11.6. The molecule has 0 aliphatic rings. The van der Waals surface area contributed by atoms with Gasteiger partial charge in [0, 0.05) is 18.2 Å². The molecule has 0 saturated heterocycles. The van der Waals surface area contributed by atoms with E-state index >= 15 is 0 Å². The molecule has 2 nitrogen and oxygen atoms in total. The summed E-state index contributed by atoms with van der Waals surface area (Å²) in [6, 6.07) is 6.01. The molecule has 0 aliphatic heterocycles. The van der Waals surface area contributed by atoms with Crippen LogP contribution in [0.3, 0.4) is 0 Å². The van der Waals surface area contributed by atoms with Gasteiger partial charge in [0.25, 0.3) is 0 Å². The van der Waals surface area contributed by atoms with Crippen molar-refractivity contribution in [3.8, 4) is 16.6 Å². The van der Waals surface area contributed by atoms with Gasteiger partial charge in [-0.25, -0.2) is 4.98 Å². The number of rotatable bonds is 4. The Morgan fingerprint density at radius 3 is 3.00 bits per heavy atom. The number of nitrogens with zero attached hydrogens (tertiary/aromatic N) is 2. The average Bonchev–Trinajstić information content (AvgIpc) is 2.87. The van der Waals surface area contributed by atoms with Crippen LogP contribution in [0.5, 0.6) is 0 Å². The summed E-state index contributed by atoms with van der Waals surface area (Å²) < 4.78 is 0.786. The van der Waals surface area contributed by atoms with Crippen LogP contribution in [0.25, 0.3) is 10.6 Å². The summed E-state index contributed by atoms with van der Waals surface area (Å²) in [7, 11) is 0. The first-order valence-electron chi connectivity index (χ1n) is 4.86. The van der Waals surface area contributed by atoms with E-state index in [0.717, 1.165) is 32.8 Å². The number of thiazole rings is 1. The van der Waals surface area contributed by atoms with Gasteiger partial charge < -0.3 is 0 Å². The van der Waals surface area contributed by atoms with Crippen molar-refractivity contribution in [1.82, 2.24) is 4.98 Å². The maximum atomic E-state index is 8.45. The Bertz CT molecular complexity index is 510. The second-order valence-corrected chi connectivity index (χ2v) is 5.90. The van der Waals surface area contributed by atoms with Gasteiger partial charge in [0.1, 0.15) is 0 Å². The van der Waals surface area contributed by atoms with Gasteiger partial charge in [-0.15, -0.1) is 22.7 Å². The van der Waals surface area contributed by atoms with E-state index in [1.165, 1.54) is 11.3 Å². The topological polar surface area (TPSA) is 36.7 Å². The Balaban J connectivity index is 2.05. The monoisotopic (exact) mass is 268 g/mol. The number of aromatic nitrogens is 1. The van der Waals surface area contributed by atoms with Crippen LogP contribution in [0.2, 0.25) is 4.34 Å². The predicted molar refractivity (Wildman–Crippen MR) is 69.0 cm³/mol. The van der Waals surface area contributed by atoms with Crippen molar-refractivity contribution in [3.05, 3.63) is 26.9 Å². The molecule has 0 bridgehead atoms. The van der Waals surface area contributed by atoms with Crippen molar-refractivity contribution in [2.75, 3.05) is 0 Å². The minimum atomic E-state index is 0.597. The largest absolute Gasteiger partial charge is 0.240 e. The molecule has 2 aromatic rings. The van der Waals surface area contributed by atoms with Crippen LogP contribution >= 0.6 is 34.3 Å². The molecule has 0 aliphatic carbocycles. The van der Waals surface area contributed by atoms with Crippen LogP contribution in [-0.4, -0.2) is 4.98 Å². The summed E-state index contributed by atoms with van der Waals surface area (Å²) in [4.78, 5) is 5.63. The number of unbranched alkanes of at least 4 members (excludes halogenated alkanes) is 1. The van der Waals surface area contributed by atoms with Crippen LogP contribution in [0.15, 0.2) is 17.5 Å². The number of hydrogen-bond donors (Lipinski definition) is 0. The van der Waals surface area contributed by atoms with Gasteiger partial charge in [-0.1, -0.05) is 11.6 Å². The Morgan fingerprint density at radius 1 is 1.44 bits per heavy atom. The minimum absolute atomic E-state index is 0.597. The van der Waals surface area contributed by atoms with Gasteiger partial charge in [-0.3, -0.25) is 0 Å². The first kappa shape index (κ1) is 11.6. The van der Waals surface area contributed by atoms with Crippen molar-refractivity contribution in [1.29, 1.82) is 5.26 Å². The molecule has 16 heavy (non-hydrogen) atoms. The normalized spacial score (nSPS) is 10.2. The van der Waals surface area contributed by atoms with E-state index in [9.17, 15) is 0 Å². The first-order chi connectivity index (χ1) is 7.79. The molecule has 2 heterocycles. The Kier molecular flexibility index (Phi) is 3.94. The lowest BCUT2D eigenvalue weighted by atomic mass is 10.2. The molecule has 0 fully saturated rings. The lowest BCUT2D eigenvalue weighted by Gasteiger charge is -1.90. The van der Waals surface area contributed by atoms with Crippen LogP contribution in [0.4, 0.5) is 0 Å². The quantitative estimate of drug-likeness (QED) is 0.772. The van der Waals surface area contributed by atoms with Gasteiger partial charge in [0.05, 0.1) is 26.0 Å². The zero-order valence-electron chi connectivity index (χ0n) is 8.44. The number of nitriles is 1. The van der Waals surface area contributed by atoms with E-state index in [2.05, 4.69) is 11.1 Å². The predicted octanol–water partition coefficient (Wildman–Crippen LogP) is 4.37. The maximum absolute atomic E-state index is 8.45. The fourth-order valence-electron chi connectivity index (χ4n) is 1.31. The number of halogens is 1. The molecule has 0 amide bonds. The van der Waals surface area contributed by atoms with Gasteiger partial charge in [0.15, 0.2) is 0 Å². The van der Waals surface area contributed by atoms with Crippen LogP contribution in [0, 0.1) is 11.3 Å². The van der Waals surface area contributed by atoms with Crippen molar-refractivity contribution >= 4 is 34.3 Å². The van der Waals surface area contributed by atoms with E-state index in [0.29, 0.717) is 6.42 Å². The van der Waals surface area contributed by atoms with Crippen molar-refractivity contribution in [2.45, 2.75) is 19.3 Å². The van der Waals surface area contributed by atoms with Crippen molar-refractivity contribution < 1.29 is 0 Å². The second-order valence-electron chi connectivity index (χ2n) is 3.24. The third kappa shape index (κ3) is 2.82. The van der Waals surface area contributed by atoms with Gasteiger partial charge in [-0.05, 0) is 18.6 Å². The zero-order valence-corrected chi connectivity index (χ0v) is 10.8. The molecule has 5 heteroatoms. The second kappa shape index (κ2) is 5.44. The van der Waals surface area contributed by atoms with E-state index < -0.39 is 0 Å². The summed E-state index contributed by atoms with van der Waals surface area (Å²) in [5.41, 5.74) is 0.994. The first-order valence-corrected chi connectivity index (χ1v) is 6.94. The average molecular weight is 269 g/mol. The van der Waals surface area contributed by atoms with E-state index in [1.54, 1.807) is 11.3 Å². The third-order valence-electron chi connectivity index (χ3n) is 2.06. The van der Waals surface area contributed by atoms with E-state index in [-0.39, 0.29) is 0 Å². The molecular weight excluding hydrogens is 260 g/mol. The van der Waals surface area contributed by atoms with Crippen LogP contribution in [-0.2, 0) is 6.42 Å². The summed E-state index contributed by atoms with van der Waals surface area (Å²) in [5.74, 6) is 0.